The van der Waals surface area contributed by atoms with Gasteiger partial charge in [-0.3, -0.25) is 14.3 Å². The highest BCUT2D eigenvalue weighted by Crippen LogP contribution is 2.40. The van der Waals surface area contributed by atoms with E-state index in [0.29, 0.717) is 37.2 Å². The quantitative estimate of drug-likeness (QED) is 0.836. The summed E-state index contributed by atoms with van der Waals surface area (Å²) >= 11 is 0. The molecule has 0 atom stereocenters. The Morgan fingerprint density at radius 2 is 2.04 bits per heavy atom. The summed E-state index contributed by atoms with van der Waals surface area (Å²) in [5, 5.41) is 4.05. The fourth-order valence-electron chi connectivity index (χ4n) is 3.81. The van der Waals surface area contributed by atoms with E-state index in [2.05, 4.69) is 5.10 Å². The molecule has 1 aromatic heterocycles. The van der Waals surface area contributed by atoms with Crippen molar-refractivity contribution in [2.24, 2.45) is 7.05 Å². The lowest BCUT2D eigenvalue weighted by Gasteiger charge is -2.62. The van der Waals surface area contributed by atoms with Crippen LogP contribution < -0.4 is 0 Å². The van der Waals surface area contributed by atoms with E-state index in [1.54, 1.807) is 47.2 Å². The number of benzene rings is 1. The monoisotopic (exact) mass is 356 g/mol. The second kappa shape index (κ2) is 6.23. The summed E-state index contributed by atoms with van der Waals surface area (Å²) in [5.74, 6) is -0.282. The van der Waals surface area contributed by atoms with E-state index in [4.69, 9.17) is 0 Å². The number of rotatable bonds is 4. The lowest BCUT2D eigenvalue weighted by Crippen LogP contribution is -2.78. The summed E-state index contributed by atoms with van der Waals surface area (Å²) in [7, 11) is 1.78. The molecule has 2 aliphatic rings. The Kier molecular flexibility index (Phi) is 4.01. The molecule has 0 saturated carbocycles. The maximum Gasteiger partial charge on any atom is 0.257 e. The maximum absolute atomic E-state index is 13.7. The predicted molar refractivity (Wildman–Crippen MR) is 92.9 cm³/mol. The lowest BCUT2D eigenvalue weighted by atomic mass is 9.76. The molecule has 1 spiro atoms. The van der Waals surface area contributed by atoms with Crippen LogP contribution in [-0.4, -0.2) is 56.6 Å². The second-order valence-corrected chi connectivity index (χ2v) is 7.18. The van der Waals surface area contributed by atoms with E-state index in [-0.39, 0.29) is 29.6 Å². The zero-order valence-electron chi connectivity index (χ0n) is 14.7. The number of hydrogen-bond acceptors (Lipinski definition) is 3. The topological polar surface area (TPSA) is 58.4 Å². The van der Waals surface area contributed by atoms with Crippen LogP contribution in [-0.2, 0) is 18.3 Å². The van der Waals surface area contributed by atoms with E-state index in [1.165, 1.54) is 6.07 Å². The number of aromatic nitrogens is 2. The molecule has 4 rings (SSSR count). The average Bonchev–Trinajstić information content (AvgIpc) is 2.98. The van der Waals surface area contributed by atoms with Gasteiger partial charge in [0.15, 0.2) is 0 Å². The molecule has 7 heteroatoms. The molecule has 2 aliphatic heterocycles. The van der Waals surface area contributed by atoms with Gasteiger partial charge in [0.1, 0.15) is 5.82 Å². The third-order valence-electron chi connectivity index (χ3n) is 5.46. The summed E-state index contributed by atoms with van der Waals surface area (Å²) in [4.78, 5) is 28.6. The fraction of sp³-hybridized carbons (Fsp3) is 0.421. The van der Waals surface area contributed by atoms with Crippen LogP contribution in [0.4, 0.5) is 4.39 Å². The van der Waals surface area contributed by atoms with E-state index in [0.717, 1.165) is 6.42 Å². The Bertz CT molecular complexity index is 857. The first kappa shape index (κ1) is 16.8. The van der Waals surface area contributed by atoms with Crippen molar-refractivity contribution in [3.8, 4) is 0 Å². The normalized spacial score (nSPS) is 17.8. The molecular formula is C19H21FN4O2. The number of likely N-dealkylation sites (tertiary alicyclic amines) is 2. The SMILES string of the molecule is Cn1cc(C(=O)N2CCC23CN(C(=O)CCc2ccccc2F)C3)cn1. The smallest absolute Gasteiger partial charge is 0.257 e. The van der Waals surface area contributed by atoms with Crippen molar-refractivity contribution in [1.82, 2.24) is 19.6 Å². The predicted octanol–water partition coefficient (Wildman–Crippen LogP) is 1.62. The molecule has 2 fully saturated rings. The van der Waals surface area contributed by atoms with Gasteiger partial charge >= 0.3 is 0 Å². The van der Waals surface area contributed by atoms with Crippen LogP contribution in [0.5, 0.6) is 0 Å². The summed E-state index contributed by atoms with van der Waals surface area (Å²) in [5.41, 5.74) is 0.921. The first-order valence-corrected chi connectivity index (χ1v) is 8.80. The molecule has 26 heavy (non-hydrogen) atoms. The number of carbonyl (C=O) groups is 2. The standard InChI is InChI=1S/C19H21FN4O2/c1-22-11-15(10-21-22)18(26)24-9-8-19(24)12-23(13-19)17(25)7-6-14-4-2-3-5-16(14)20/h2-5,10-11H,6-9,12-13H2,1H3. The van der Waals surface area contributed by atoms with Crippen molar-refractivity contribution in [1.29, 1.82) is 0 Å². The van der Waals surface area contributed by atoms with Crippen LogP contribution in [0.25, 0.3) is 0 Å². The van der Waals surface area contributed by atoms with Crippen molar-refractivity contribution < 1.29 is 14.0 Å². The van der Waals surface area contributed by atoms with Gasteiger partial charge in [0.25, 0.3) is 5.91 Å². The van der Waals surface area contributed by atoms with Gasteiger partial charge in [-0.1, -0.05) is 18.2 Å². The van der Waals surface area contributed by atoms with Crippen molar-refractivity contribution in [2.75, 3.05) is 19.6 Å². The molecule has 1 aromatic carbocycles. The number of nitrogens with zero attached hydrogens (tertiary/aromatic N) is 4. The van der Waals surface area contributed by atoms with Gasteiger partial charge in [-0.05, 0) is 24.5 Å². The van der Waals surface area contributed by atoms with Gasteiger partial charge in [0.2, 0.25) is 5.91 Å². The Balaban J connectivity index is 1.32. The molecule has 0 radical (unpaired) electrons. The van der Waals surface area contributed by atoms with Crippen LogP contribution in [0.3, 0.4) is 0 Å². The highest BCUT2D eigenvalue weighted by molar-refractivity contribution is 5.95. The molecular weight excluding hydrogens is 335 g/mol. The molecule has 0 N–H and O–H groups in total. The number of amides is 2. The molecule has 0 unspecified atom stereocenters. The molecule has 6 nitrogen and oxygen atoms in total. The van der Waals surface area contributed by atoms with Crippen molar-refractivity contribution in [3.05, 3.63) is 53.6 Å². The maximum atomic E-state index is 13.7. The molecule has 3 heterocycles. The van der Waals surface area contributed by atoms with Crippen molar-refractivity contribution in [2.45, 2.75) is 24.8 Å². The highest BCUT2D eigenvalue weighted by atomic mass is 19.1. The van der Waals surface area contributed by atoms with E-state index >= 15 is 0 Å². The van der Waals surface area contributed by atoms with Crippen LogP contribution in [0, 0.1) is 5.82 Å². The molecule has 0 bridgehead atoms. The minimum absolute atomic E-state index is 0.0135. The van der Waals surface area contributed by atoms with Crippen LogP contribution in [0.2, 0.25) is 0 Å². The Hall–Kier alpha value is -2.70. The number of carbonyl (C=O) groups excluding carboxylic acids is 2. The molecule has 136 valence electrons. The summed E-state index contributed by atoms with van der Waals surface area (Å²) in [6, 6.07) is 6.54. The number of aryl methyl sites for hydroxylation is 2. The summed E-state index contributed by atoms with van der Waals surface area (Å²) in [6.07, 6.45) is 4.88. The number of halogens is 1. The average molecular weight is 356 g/mol. The van der Waals surface area contributed by atoms with Crippen LogP contribution >= 0.6 is 0 Å². The Labute approximate surface area is 151 Å². The third-order valence-corrected chi connectivity index (χ3v) is 5.46. The zero-order valence-corrected chi connectivity index (χ0v) is 14.7. The van der Waals surface area contributed by atoms with E-state index < -0.39 is 0 Å². The third kappa shape index (κ3) is 2.77. The van der Waals surface area contributed by atoms with Gasteiger partial charge in [0, 0.05) is 39.3 Å². The van der Waals surface area contributed by atoms with Crippen molar-refractivity contribution >= 4 is 11.8 Å². The van der Waals surface area contributed by atoms with Crippen molar-refractivity contribution in [3.63, 3.8) is 0 Å². The van der Waals surface area contributed by atoms with Crippen LogP contribution in [0.15, 0.2) is 36.7 Å². The highest BCUT2D eigenvalue weighted by Gasteiger charge is 2.56. The minimum Gasteiger partial charge on any atom is -0.338 e. The minimum atomic E-state index is -0.271. The lowest BCUT2D eigenvalue weighted by molar-refractivity contribution is -0.154. The van der Waals surface area contributed by atoms with E-state index in [9.17, 15) is 14.0 Å². The van der Waals surface area contributed by atoms with Gasteiger partial charge in [0.05, 0.1) is 17.3 Å². The first-order valence-electron chi connectivity index (χ1n) is 8.80. The van der Waals surface area contributed by atoms with Crippen LogP contribution in [0.1, 0.15) is 28.8 Å². The van der Waals surface area contributed by atoms with Gasteiger partial charge in [-0.2, -0.15) is 5.10 Å². The summed E-state index contributed by atoms with van der Waals surface area (Å²) < 4.78 is 15.3. The Morgan fingerprint density at radius 3 is 2.65 bits per heavy atom. The summed E-state index contributed by atoms with van der Waals surface area (Å²) in [6.45, 7) is 1.84. The second-order valence-electron chi connectivity index (χ2n) is 7.18. The Morgan fingerprint density at radius 1 is 1.27 bits per heavy atom. The van der Waals surface area contributed by atoms with Gasteiger partial charge in [-0.15, -0.1) is 0 Å². The molecule has 2 amide bonds. The molecule has 0 aliphatic carbocycles. The van der Waals surface area contributed by atoms with Gasteiger partial charge < -0.3 is 9.80 Å². The van der Waals surface area contributed by atoms with Gasteiger partial charge in [-0.25, -0.2) is 4.39 Å². The van der Waals surface area contributed by atoms with E-state index in [1.807, 2.05) is 4.90 Å². The first-order chi connectivity index (χ1) is 12.5. The zero-order chi connectivity index (χ0) is 18.3. The number of hydrogen-bond donors (Lipinski definition) is 0. The molecule has 2 saturated heterocycles. The largest absolute Gasteiger partial charge is 0.338 e. The molecule has 2 aromatic rings. The fourth-order valence-corrected chi connectivity index (χ4v) is 3.81.